The summed E-state index contributed by atoms with van der Waals surface area (Å²) in [7, 11) is 0. The highest BCUT2D eigenvalue weighted by Gasteiger charge is 2.29. The monoisotopic (exact) mass is 244 g/mol. The number of carbonyl (C=O) groups excluding carboxylic acids is 1. The van der Waals surface area contributed by atoms with Crippen molar-refractivity contribution in [2.24, 2.45) is 11.7 Å². The Morgan fingerprint density at radius 3 is 2.47 bits per heavy atom. The summed E-state index contributed by atoms with van der Waals surface area (Å²) in [5.74, 6) is -1.42. The number of carbonyl (C=O) groups is 2. The molecule has 1 aliphatic heterocycles. The first-order valence-electron chi connectivity index (χ1n) is 5.91. The third-order valence-corrected chi connectivity index (χ3v) is 3.02. The minimum Gasteiger partial charge on any atom is -0.481 e. The quantitative estimate of drug-likeness (QED) is 0.687. The summed E-state index contributed by atoms with van der Waals surface area (Å²) in [5.41, 5.74) is 5.17. The molecule has 1 heterocycles. The lowest BCUT2D eigenvalue weighted by Gasteiger charge is -2.35. The van der Waals surface area contributed by atoms with Crippen molar-refractivity contribution in [1.82, 2.24) is 4.90 Å². The molecule has 17 heavy (non-hydrogen) atoms. The van der Waals surface area contributed by atoms with Crippen molar-refractivity contribution < 1.29 is 19.4 Å². The number of nitrogens with two attached hydrogens (primary N) is 1. The average Bonchev–Trinajstić information content (AvgIpc) is 2.28. The van der Waals surface area contributed by atoms with Crippen LogP contribution in [0.1, 0.15) is 26.2 Å². The SMILES string of the molecule is CCOC(CC(N)=O)N1CCC(C(=O)O)CC1. The van der Waals surface area contributed by atoms with Crippen LogP contribution in [0.3, 0.4) is 0 Å². The summed E-state index contributed by atoms with van der Waals surface area (Å²) >= 11 is 0. The zero-order valence-corrected chi connectivity index (χ0v) is 10.1. The largest absolute Gasteiger partial charge is 0.481 e. The highest BCUT2D eigenvalue weighted by molar-refractivity contribution is 5.74. The van der Waals surface area contributed by atoms with E-state index >= 15 is 0 Å². The first-order chi connectivity index (χ1) is 8.04. The molecule has 1 fully saturated rings. The molecule has 6 nitrogen and oxygen atoms in total. The topological polar surface area (TPSA) is 92.9 Å². The predicted octanol–water partition coefficient (Wildman–Crippen LogP) is 0.0210. The smallest absolute Gasteiger partial charge is 0.306 e. The van der Waals surface area contributed by atoms with Gasteiger partial charge < -0.3 is 15.6 Å². The van der Waals surface area contributed by atoms with Gasteiger partial charge in [0.2, 0.25) is 5.91 Å². The van der Waals surface area contributed by atoms with Crippen LogP contribution >= 0.6 is 0 Å². The van der Waals surface area contributed by atoms with Crippen LogP contribution in [-0.2, 0) is 14.3 Å². The van der Waals surface area contributed by atoms with Crippen molar-refractivity contribution in [1.29, 1.82) is 0 Å². The first-order valence-corrected chi connectivity index (χ1v) is 5.91. The van der Waals surface area contributed by atoms with E-state index in [0.29, 0.717) is 32.5 Å². The molecule has 0 aromatic rings. The minimum atomic E-state index is -0.743. The standard InChI is InChI=1S/C11H20N2O4/c1-2-17-10(7-9(12)14)13-5-3-8(4-6-13)11(15)16/h8,10H,2-7H2,1H3,(H2,12,14)(H,15,16). The van der Waals surface area contributed by atoms with Gasteiger partial charge in [-0.1, -0.05) is 0 Å². The van der Waals surface area contributed by atoms with Crippen molar-refractivity contribution in [2.75, 3.05) is 19.7 Å². The summed E-state index contributed by atoms with van der Waals surface area (Å²) in [6, 6.07) is 0. The van der Waals surface area contributed by atoms with E-state index in [9.17, 15) is 9.59 Å². The second-order valence-electron chi connectivity index (χ2n) is 4.23. The molecule has 1 rings (SSSR count). The fraction of sp³-hybridized carbons (Fsp3) is 0.818. The highest BCUT2D eigenvalue weighted by Crippen LogP contribution is 2.20. The Morgan fingerprint density at radius 2 is 2.06 bits per heavy atom. The van der Waals surface area contributed by atoms with Gasteiger partial charge in [-0.2, -0.15) is 0 Å². The van der Waals surface area contributed by atoms with Gasteiger partial charge in [0, 0.05) is 19.7 Å². The third-order valence-electron chi connectivity index (χ3n) is 3.02. The summed E-state index contributed by atoms with van der Waals surface area (Å²) in [6.07, 6.45) is 1.04. The molecule has 1 aliphatic rings. The molecule has 0 aliphatic carbocycles. The summed E-state index contributed by atoms with van der Waals surface area (Å²) < 4.78 is 5.47. The average molecular weight is 244 g/mol. The fourth-order valence-electron chi connectivity index (χ4n) is 2.09. The lowest BCUT2D eigenvalue weighted by molar-refractivity contribution is -0.146. The summed E-state index contributed by atoms with van der Waals surface area (Å²) in [4.78, 5) is 23.7. The normalized spacial score (nSPS) is 20.1. The first kappa shape index (κ1) is 13.9. The van der Waals surface area contributed by atoms with Crippen molar-refractivity contribution in [3.05, 3.63) is 0 Å². The maximum absolute atomic E-state index is 10.9. The molecule has 0 spiro atoms. The molecule has 1 amide bonds. The van der Waals surface area contributed by atoms with Gasteiger partial charge in [0.1, 0.15) is 6.23 Å². The van der Waals surface area contributed by atoms with Gasteiger partial charge in [0.25, 0.3) is 0 Å². The van der Waals surface area contributed by atoms with Gasteiger partial charge >= 0.3 is 5.97 Å². The number of primary amides is 1. The maximum Gasteiger partial charge on any atom is 0.306 e. The lowest BCUT2D eigenvalue weighted by Crippen LogP contribution is -2.45. The lowest BCUT2D eigenvalue weighted by atomic mass is 9.97. The van der Waals surface area contributed by atoms with E-state index in [4.69, 9.17) is 15.6 Å². The molecular weight excluding hydrogens is 224 g/mol. The molecule has 3 N–H and O–H groups in total. The van der Waals surface area contributed by atoms with Crippen molar-refractivity contribution in [2.45, 2.75) is 32.4 Å². The van der Waals surface area contributed by atoms with Crippen LogP contribution in [0.25, 0.3) is 0 Å². The van der Waals surface area contributed by atoms with Crippen LogP contribution in [0.15, 0.2) is 0 Å². The second-order valence-corrected chi connectivity index (χ2v) is 4.23. The van der Waals surface area contributed by atoms with E-state index in [2.05, 4.69) is 0 Å². The van der Waals surface area contributed by atoms with Crippen molar-refractivity contribution >= 4 is 11.9 Å². The van der Waals surface area contributed by atoms with Crippen LogP contribution in [0.5, 0.6) is 0 Å². The van der Waals surface area contributed by atoms with Gasteiger partial charge in [-0.25, -0.2) is 0 Å². The Bertz CT molecular complexity index is 275. The summed E-state index contributed by atoms with van der Waals surface area (Å²) in [6.45, 7) is 3.64. The Kier molecular flexibility index (Phi) is 5.37. The number of piperidine rings is 1. The Hall–Kier alpha value is -1.14. The van der Waals surface area contributed by atoms with Crippen molar-refractivity contribution in [3.8, 4) is 0 Å². The second kappa shape index (κ2) is 6.56. The number of nitrogens with zero attached hydrogens (tertiary/aromatic N) is 1. The molecule has 0 radical (unpaired) electrons. The number of amides is 1. The molecule has 1 unspecified atom stereocenters. The Balaban J connectivity index is 2.48. The number of hydrogen-bond donors (Lipinski definition) is 2. The van der Waals surface area contributed by atoms with Gasteiger partial charge in [-0.15, -0.1) is 0 Å². The minimum absolute atomic E-state index is 0.158. The number of hydrogen-bond acceptors (Lipinski definition) is 4. The molecule has 0 aromatic heterocycles. The highest BCUT2D eigenvalue weighted by atomic mass is 16.5. The fourth-order valence-corrected chi connectivity index (χ4v) is 2.09. The van der Waals surface area contributed by atoms with Crippen molar-refractivity contribution in [3.63, 3.8) is 0 Å². The van der Waals surface area contributed by atoms with Crippen LogP contribution in [0.4, 0.5) is 0 Å². The number of ether oxygens (including phenoxy) is 1. The number of carboxylic acid groups (broad SMARTS) is 1. The number of rotatable bonds is 6. The maximum atomic E-state index is 10.9. The zero-order chi connectivity index (χ0) is 12.8. The molecule has 98 valence electrons. The van der Waals surface area contributed by atoms with E-state index < -0.39 is 11.9 Å². The number of carboxylic acids is 1. The molecular formula is C11H20N2O4. The zero-order valence-electron chi connectivity index (χ0n) is 10.1. The Morgan fingerprint density at radius 1 is 1.47 bits per heavy atom. The molecule has 0 saturated carbocycles. The summed E-state index contributed by atoms with van der Waals surface area (Å²) in [5, 5.41) is 8.89. The molecule has 1 saturated heterocycles. The molecule has 0 bridgehead atoms. The third kappa shape index (κ3) is 4.32. The molecule has 0 aromatic carbocycles. The molecule has 6 heteroatoms. The van der Waals surface area contributed by atoms with Gasteiger partial charge in [-0.3, -0.25) is 14.5 Å². The van der Waals surface area contributed by atoms with Gasteiger partial charge in [0.15, 0.2) is 0 Å². The number of likely N-dealkylation sites (tertiary alicyclic amines) is 1. The van der Waals surface area contributed by atoms with Crippen LogP contribution in [0.2, 0.25) is 0 Å². The van der Waals surface area contributed by atoms with Crippen LogP contribution in [0, 0.1) is 5.92 Å². The van der Waals surface area contributed by atoms with E-state index in [1.54, 1.807) is 0 Å². The van der Waals surface area contributed by atoms with E-state index in [1.165, 1.54) is 0 Å². The van der Waals surface area contributed by atoms with Gasteiger partial charge in [0.05, 0.1) is 12.3 Å². The van der Waals surface area contributed by atoms with Gasteiger partial charge in [-0.05, 0) is 19.8 Å². The predicted molar refractivity (Wildman–Crippen MR) is 61.2 cm³/mol. The van der Waals surface area contributed by atoms with Crippen LogP contribution < -0.4 is 5.73 Å². The Labute approximate surface area is 101 Å². The number of aliphatic carboxylic acids is 1. The van der Waals surface area contributed by atoms with E-state index in [-0.39, 0.29) is 18.6 Å². The van der Waals surface area contributed by atoms with E-state index in [1.807, 2.05) is 11.8 Å². The van der Waals surface area contributed by atoms with Crippen LogP contribution in [-0.4, -0.2) is 47.8 Å². The van der Waals surface area contributed by atoms with E-state index in [0.717, 1.165) is 0 Å². The molecule has 1 atom stereocenters.